The molecular weight excluding hydrogens is 114 g/mol. The third-order valence-corrected chi connectivity index (χ3v) is 1.03. The van der Waals surface area contributed by atoms with Gasteiger partial charge in [-0.15, -0.1) is 5.10 Å². The van der Waals surface area contributed by atoms with Crippen LogP contribution in [0.1, 0.15) is 12.8 Å². The first kappa shape index (κ1) is 6.13. The molecule has 0 N–H and O–H groups in total. The van der Waals surface area contributed by atoms with E-state index in [1.165, 1.54) is 0 Å². The van der Waals surface area contributed by atoms with Gasteiger partial charge >= 0.3 is 0 Å². The Morgan fingerprint density at radius 1 is 1.33 bits per heavy atom. The Balaban J connectivity index is 2.45. The average Bonchev–Trinajstić information content (AvgIpc) is 2.00. The maximum atomic E-state index is 3.78. The van der Waals surface area contributed by atoms with E-state index in [9.17, 15) is 0 Å². The summed E-state index contributed by atoms with van der Waals surface area (Å²) in [5, 5.41) is 10.9. The summed E-state index contributed by atoms with van der Waals surface area (Å²) in [7, 11) is 0. The smallest absolute Gasteiger partial charge is 0.0624 e. The summed E-state index contributed by atoms with van der Waals surface area (Å²) in [6.45, 7) is 0.793. The van der Waals surface area contributed by atoms with Gasteiger partial charge < -0.3 is 0 Å². The number of rotatable bonds is 0. The van der Waals surface area contributed by atoms with Gasteiger partial charge in [0, 0.05) is 0 Å². The summed E-state index contributed by atoms with van der Waals surface area (Å²) < 4.78 is 0. The molecule has 3 heteroatoms. The fraction of sp³-hybridized carbons (Fsp3) is 0.500. The standard InChI is InChI=1S/C6H9N3/c1-2-4-6-8-9-7-5-3-1/h1,3,5H,2,4,6H2/b3-1-,7-5-,9-8?. The molecule has 3 nitrogen and oxygen atoms in total. The number of hydrogen-bond acceptors (Lipinski definition) is 3. The Bertz CT molecular complexity index is 130. The highest BCUT2D eigenvalue weighted by molar-refractivity contribution is 5.70. The Labute approximate surface area is 54.2 Å². The molecule has 9 heavy (non-hydrogen) atoms. The van der Waals surface area contributed by atoms with E-state index >= 15 is 0 Å². The Morgan fingerprint density at radius 2 is 2.33 bits per heavy atom. The van der Waals surface area contributed by atoms with Crippen LogP contribution in [0.25, 0.3) is 0 Å². The minimum atomic E-state index is 0.793. The lowest BCUT2D eigenvalue weighted by Crippen LogP contribution is -1.74. The van der Waals surface area contributed by atoms with Crippen molar-refractivity contribution in [3.05, 3.63) is 12.2 Å². The second-order valence-corrected chi connectivity index (χ2v) is 1.79. The van der Waals surface area contributed by atoms with Gasteiger partial charge in [0.25, 0.3) is 0 Å². The first-order valence-electron chi connectivity index (χ1n) is 3.05. The van der Waals surface area contributed by atoms with Crippen LogP contribution in [0.4, 0.5) is 0 Å². The highest BCUT2D eigenvalue weighted by Crippen LogP contribution is 1.93. The van der Waals surface area contributed by atoms with E-state index in [0.717, 1.165) is 19.4 Å². The normalized spacial score (nSPS) is 25.8. The molecule has 0 amide bonds. The Morgan fingerprint density at radius 3 is 3.33 bits per heavy atom. The van der Waals surface area contributed by atoms with Crippen LogP contribution in [0.15, 0.2) is 27.6 Å². The van der Waals surface area contributed by atoms with Crippen molar-refractivity contribution in [2.45, 2.75) is 12.8 Å². The van der Waals surface area contributed by atoms with Crippen LogP contribution in [0.2, 0.25) is 0 Å². The third-order valence-electron chi connectivity index (χ3n) is 1.03. The third kappa shape index (κ3) is 2.74. The zero-order chi connectivity index (χ0) is 6.36. The van der Waals surface area contributed by atoms with E-state index in [1.807, 2.05) is 6.08 Å². The van der Waals surface area contributed by atoms with Crippen molar-refractivity contribution < 1.29 is 0 Å². The van der Waals surface area contributed by atoms with Crippen LogP contribution in [-0.2, 0) is 0 Å². The predicted octanol–water partition coefficient (Wildman–Crippen LogP) is 1.77. The van der Waals surface area contributed by atoms with Crippen molar-refractivity contribution in [2.75, 3.05) is 6.54 Å². The minimum absolute atomic E-state index is 0.793. The zero-order valence-corrected chi connectivity index (χ0v) is 5.20. The summed E-state index contributed by atoms with van der Waals surface area (Å²) in [6, 6.07) is 0. The van der Waals surface area contributed by atoms with Gasteiger partial charge in [-0.25, -0.2) is 0 Å². The van der Waals surface area contributed by atoms with Crippen LogP contribution >= 0.6 is 0 Å². The van der Waals surface area contributed by atoms with Gasteiger partial charge in [0.1, 0.15) is 0 Å². The van der Waals surface area contributed by atoms with Gasteiger partial charge in [0.05, 0.1) is 12.8 Å². The monoisotopic (exact) mass is 123 g/mol. The molecule has 0 bridgehead atoms. The molecule has 0 saturated heterocycles. The molecule has 1 heterocycles. The van der Waals surface area contributed by atoms with E-state index in [-0.39, 0.29) is 0 Å². The lowest BCUT2D eigenvalue weighted by molar-refractivity contribution is 0.800. The van der Waals surface area contributed by atoms with E-state index in [2.05, 4.69) is 21.5 Å². The van der Waals surface area contributed by atoms with E-state index in [1.54, 1.807) is 6.21 Å². The molecule has 1 aliphatic rings. The summed E-state index contributed by atoms with van der Waals surface area (Å²) in [5.41, 5.74) is 0. The summed E-state index contributed by atoms with van der Waals surface area (Å²) >= 11 is 0. The fourth-order valence-electron chi connectivity index (χ4n) is 0.586. The first-order valence-corrected chi connectivity index (χ1v) is 3.05. The van der Waals surface area contributed by atoms with Gasteiger partial charge in [0.2, 0.25) is 0 Å². The van der Waals surface area contributed by atoms with Crippen molar-refractivity contribution in [1.29, 1.82) is 0 Å². The van der Waals surface area contributed by atoms with Gasteiger partial charge in [-0.05, 0) is 24.1 Å². The highest BCUT2D eigenvalue weighted by Gasteiger charge is 1.81. The summed E-state index contributed by atoms with van der Waals surface area (Å²) in [6.07, 6.45) is 7.76. The first-order chi connectivity index (χ1) is 4.50. The van der Waals surface area contributed by atoms with Crippen LogP contribution in [0, 0.1) is 0 Å². The fourth-order valence-corrected chi connectivity index (χ4v) is 0.586. The van der Waals surface area contributed by atoms with Crippen LogP contribution in [-0.4, -0.2) is 12.8 Å². The van der Waals surface area contributed by atoms with Crippen molar-refractivity contribution in [3.8, 4) is 0 Å². The van der Waals surface area contributed by atoms with Crippen LogP contribution < -0.4 is 0 Å². The molecular formula is C6H9N3. The quantitative estimate of drug-likeness (QED) is 0.471. The lowest BCUT2D eigenvalue weighted by Gasteiger charge is -1.83. The maximum Gasteiger partial charge on any atom is 0.0624 e. The molecule has 0 aliphatic carbocycles. The second-order valence-electron chi connectivity index (χ2n) is 1.79. The zero-order valence-electron chi connectivity index (χ0n) is 5.20. The van der Waals surface area contributed by atoms with E-state index in [4.69, 9.17) is 0 Å². The summed E-state index contributed by atoms with van der Waals surface area (Å²) in [5.74, 6) is 0. The molecule has 0 aromatic carbocycles. The SMILES string of the molecule is C1=C\CCCN=N\N=C/1. The molecule has 0 fully saturated rings. The Hall–Kier alpha value is -0.990. The highest BCUT2D eigenvalue weighted by atomic mass is 15.4. The van der Waals surface area contributed by atoms with Crippen LogP contribution in [0.3, 0.4) is 0 Å². The topological polar surface area (TPSA) is 37.1 Å². The van der Waals surface area contributed by atoms with Gasteiger partial charge in [-0.3, -0.25) is 0 Å². The summed E-state index contributed by atoms with van der Waals surface area (Å²) in [4.78, 5) is 0. The molecule has 0 unspecified atom stereocenters. The molecule has 0 aromatic heterocycles. The van der Waals surface area contributed by atoms with Crippen molar-refractivity contribution in [3.63, 3.8) is 0 Å². The molecule has 0 spiro atoms. The van der Waals surface area contributed by atoms with E-state index < -0.39 is 0 Å². The molecule has 1 rings (SSSR count). The Kier molecular flexibility index (Phi) is 2.69. The van der Waals surface area contributed by atoms with Crippen molar-refractivity contribution >= 4 is 6.21 Å². The predicted molar refractivity (Wildman–Crippen MR) is 36.6 cm³/mol. The van der Waals surface area contributed by atoms with Gasteiger partial charge in [-0.1, -0.05) is 6.08 Å². The molecule has 0 aromatic rings. The van der Waals surface area contributed by atoms with Gasteiger partial charge in [-0.2, -0.15) is 5.11 Å². The second kappa shape index (κ2) is 3.95. The molecule has 0 atom stereocenters. The number of hydrogen-bond donors (Lipinski definition) is 0. The largest absolute Gasteiger partial charge is 0.169 e. The number of allylic oxidation sites excluding steroid dienone is 2. The van der Waals surface area contributed by atoms with Crippen molar-refractivity contribution in [1.82, 2.24) is 0 Å². The molecule has 0 radical (unpaired) electrons. The molecule has 0 saturated carbocycles. The molecule has 1 aliphatic heterocycles. The minimum Gasteiger partial charge on any atom is -0.169 e. The maximum absolute atomic E-state index is 3.78. The molecule has 48 valence electrons. The lowest BCUT2D eigenvalue weighted by atomic mass is 10.3. The number of nitrogens with zero attached hydrogens (tertiary/aromatic N) is 3. The van der Waals surface area contributed by atoms with E-state index in [0.29, 0.717) is 0 Å². The average molecular weight is 123 g/mol. The van der Waals surface area contributed by atoms with Gasteiger partial charge in [0.15, 0.2) is 0 Å². The van der Waals surface area contributed by atoms with Crippen molar-refractivity contribution in [2.24, 2.45) is 15.4 Å². The van der Waals surface area contributed by atoms with Crippen LogP contribution in [0.5, 0.6) is 0 Å².